The summed E-state index contributed by atoms with van der Waals surface area (Å²) >= 11 is 0. The second-order valence-electron chi connectivity index (χ2n) is 5.58. The van der Waals surface area contributed by atoms with Gasteiger partial charge in [0.05, 0.1) is 0 Å². The Morgan fingerprint density at radius 1 is 1.18 bits per heavy atom. The minimum absolute atomic E-state index is 0.0445. The van der Waals surface area contributed by atoms with Crippen LogP contribution in [0.15, 0.2) is 36.5 Å². The summed E-state index contributed by atoms with van der Waals surface area (Å²) in [5, 5.41) is 0. The first-order valence-electron chi connectivity index (χ1n) is 7.42. The van der Waals surface area contributed by atoms with E-state index in [-0.39, 0.29) is 5.91 Å². The Bertz CT molecular complexity index is 685. The number of aldehydes is 1. The molecule has 0 atom stereocenters. The predicted molar refractivity (Wildman–Crippen MR) is 85.5 cm³/mol. The second-order valence-corrected chi connectivity index (χ2v) is 5.58. The van der Waals surface area contributed by atoms with Gasteiger partial charge in [-0.1, -0.05) is 12.1 Å². The Balaban J connectivity index is 1.64. The van der Waals surface area contributed by atoms with E-state index in [1.54, 1.807) is 12.3 Å². The largest absolute Gasteiger partial charge is 0.368 e. The van der Waals surface area contributed by atoms with E-state index < -0.39 is 0 Å². The zero-order valence-electron chi connectivity index (χ0n) is 12.6. The maximum atomic E-state index is 12.4. The number of benzene rings is 1. The molecule has 1 aromatic heterocycles. The molecule has 1 aliphatic heterocycles. The van der Waals surface area contributed by atoms with Crippen molar-refractivity contribution < 1.29 is 9.59 Å². The van der Waals surface area contributed by atoms with Crippen LogP contribution in [0.1, 0.15) is 26.4 Å². The highest BCUT2D eigenvalue weighted by Crippen LogP contribution is 2.18. The summed E-state index contributed by atoms with van der Waals surface area (Å²) in [6.45, 7) is 5.08. The molecule has 0 saturated carbocycles. The maximum absolute atomic E-state index is 12.4. The van der Waals surface area contributed by atoms with Crippen molar-refractivity contribution >= 4 is 17.9 Å². The SMILES string of the molecule is Cc1cccc(N2CCN(C(=O)c3cc(C=O)c[nH]3)CC2)c1. The lowest BCUT2D eigenvalue weighted by Crippen LogP contribution is -2.48. The van der Waals surface area contributed by atoms with Gasteiger partial charge in [0.2, 0.25) is 0 Å². The van der Waals surface area contributed by atoms with Crippen LogP contribution < -0.4 is 4.90 Å². The molecule has 0 unspecified atom stereocenters. The molecule has 3 rings (SSSR count). The molecule has 0 aliphatic carbocycles. The fourth-order valence-corrected chi connectivity index (χ4v) is 2.77. The zero-order chi connectivity index (χ0) is 15.5. The third-order valence-corrected chi connectivity index (χ3v) is 4.01. The highest BCUT2D eigenvalue weighted by molar-refractivity contribution is 5.94. The Morgan fingerprint density at radius 3 is 2.59 bits per heavy atom. The number of carbonyl (C=O) groups is 2. The monoisotopic (exact) mass is 297 g/mol. The molecule has 1 N–H and O–H groups in total. The van der Waals surface area contributed by atoms with E-state index in [0.717, 1.165) is 19.4 Å². The molecule has 0 radical (unpaired) electrons. The summed E-state index contributed by atoms with van der Waals surface area (Å²) in [6, 6.07) is 10.0. The number of nitrogens with one attached hydrogen (secondary N) is 1. The van der Waals surface area contributed by atoms with Crippen molar-refractivity contribution in [1.82, 2.24) is 9.88 Å². The van der Waals surface area contributed by atoms with Gasteiger partial charge in [-0.2, -0.15) is 0 Å². The van der Waals surface area contributed by atoms with Crippen molar-refractivity contribution in [1.29, 1.82) is 0 Å². The highest BCUT2D eigenvalue weighted by Gasteiger charge is 2.23. The van der Waals surface area contributed by atoms with Crippen molar-refractivity contribution in [2.75, 3.05) is 31.1 Å². The lowest BCUT2D eigenvalue weighted by molar-refractivity contribution is 0.0741. The van der Waals surface area contributed by atoms with Gasteiger partial charge in [-0.15, -0.1) is 0 Å². The van der Waals surface area contributed by atoms with Crippen LogP contribution in [0.5, 0.6) is 0 Å². The van der Waals surface area contributed by atoms with Gasteiger partial charge in [0.1, 0.15) is 5.69 Å². The Hall–Kier alpha value is -2.56. The summed E-state index contributed by atoms with van der Waals surface area (Å²) in [5.41, 5.74) is 3.42. The first-order chi connectivity index (χ1) is 10.7. The summed E-state index contributed by atoms with van der Waals surface area (Å²) < 4.78 is 0. The number of carbonyl (C=O) groups excluding carboxylic acids is 2. The summed E-state index contributed by atoms with van der Waals surface area (Å²) in [4.78, 5) is 30.1. The Kier molecular flexibility index (Phi) is 3.96. The van der Waals surface area contributed by atoms with Crippen molar-refractivity contribution in [2.24, 2.45) is 0 Å². The molecular weight excluding hydrogens is 278 g/mol. The number of piperazine rings is 1. The average Bonchev–Trinajstić information content (AvgIpc) is 3.03. The molecule has 2 heterocycles. The number of anilines is 1. The molecule has 1 amide bonds. The normalized spacial score (nSPS) is 15.0. The van der Waals surface area contributed by atoms with E-state index in [1.807, 2.05) is 4.90 Å². The molecule has 0 bridgehead atoms. The van der Waals surface area contributed by atoms with Gasteiger partial charge in [-0.3, -0.25) is 9.59 Å². The fraction of sp³-hybridized carbons (Fsp3) is 0.294. The third-order valence-electron chi connectivity index (χ3n) is 4.01. The lowest BCUT2D eigenvalue weighted by atomic mass is 10.2. The third kappa shape index (κ3) is 2.88. The van der Waals surface area contributed by atoms with Crippen LogP contribution in [0.25, 0.3) is 0 Å². The number of H-pyrrole nitrogens is 1. The molecule has 1 aromatic carbocycles. The number of aromatic amines is 1. The average molecular weight is 297 g/mol. The summed E-state index contributed by atoms with van der Waals surface area (Å²) in [6.07, 6.45) is 2.30. The standard InChI is InChI=1S/C17H19N3O2/c1-13-3-2-4-15(9-13)19-5-7-20(8-6-19)17(22)16-10-14(12-21)11-18-16/h2-4,9-12,18H,5-8H2,1H3. The van der Waals surface area contributed by atoms with Crippen LogP contribution in [0, 0.1) is 6.92 Å². The van der Waals surface area contributed by atoms with Gasteiger partial charge < -0.3 is 14.8 Å². The van der Waals surface area contributed by atoms with Gasteiger partial charge >= 0.3 is 0 Å². The fourth-order valence-electron chi connectivity index (χ4n) is 2.77. The van der Waals surface area contributed by atoms with E-state index >= 15 is 0 Å². The second kappa shape index (κ2) is 6.05. The summed E-state index contributed by atoms with van der Waals surface area (Å²) in [7, 11) is 0. The van der Waals surface area contributed by atoms with Crippen LogP contribution >= 0.6 is 0 Å². The molecule has 0 spiro atoms. The van der Waals surface area contributed by atoms with Gasteiger partial charge in [-0.05, 0) is 30.7 Å². The summed E-state index contributed by atoms with van der Waals surface area (Å²) in [5.74, 6) is -0.0445. The lowest BCUT2D eigenvalue weighted by Gasteiger charge is -2.36. The number of aryl methyl sites for hydroxylation is 1. The van der Waals surface area contributed by atoms with Gasteiger partial charge in [0.15, 0.2) is 6.29 Å². The molecule has 1 aliphatic rings. The zero-order valence-corrected chi connectivity index (χ0v) is 12.6. The molecule has 114 valence electrons. The highest BCUT2D eigenvalue weighted by atomic mass is 16.2. The van der Waals surface area contributed by atoms with Crippen molar-refractivity contribution in [3.05, 3.63) is 53.3 Å². The quantitative estimate of drug-likeness (QED) is 0.883. The van der Waals surface area contributed by atoms with E-state index in [9.17, 15) is 9.59 Å². The van der Waals surface area contributed by atoms with Crippen LogP contribution in [0.2, 0.25) is 0 Å². The van der Waals surface area contributed by atoms with E-state index in [1.165, 1.54) is 11.3 Å². The van der Waals surface area contributed by atoms with Crippen LogP contribution in [0.3, 0.4) is 0 Å². The topological polar surface area (TPSA) is 56.4 Å². The number of hydrogen-bond donors (Lipinski definition) is 1. The Labute approximate surface area is 129 Å². The number of rotatable bonds is 3. The number of aromatic nitrogens is 1. The van der Waals surface area contributed by atoms with E-state index in [4.69, 9.17) is 0 Å². The number of hydrogen-bond acceptors (Lipinski definition) is 3. The van der Waals surface area contributed by atoms with Gasteiger partial charge in [-0.25, -0.2) is 0 Å². The molecule has 22 heavy (non-hydrogen) atoms. The minimum atomic E-state index is -0.0445. The van der Waals surface area contributed by atoms with E-state index in [2.05, 4.69) is 41.1 Å². The minimum Gasteiger partial charge on any atom is -0.368 e. The Morgan fingerprint density at radius 2 is 1.95 bits per heavy atom. The first-order valence-corrected chi connectivity index (χ1v) is 7.42. The number of amides is 1. The van der Waals surface area contributed by atoms with Crippen molar-refractivity contribution in [3.63, 3.8) is 0 Å². The molecular formula is C17H19N3O2. The number of nitrogens with zero attached hydrogens (tertiary/aromatic N) is 2. The molecule has 2 aromatic rings. The first kappa shape index (κ1) is 14.4. The van der Waals surface area contributed by atoms with Gasteiger partial charge in [0, 0.05) is 43.6 Å². The molecule has 1 fully saturated rings. The van der Waals surface area contributed by atoms with Crippen LogP contribution in [-0.2, 0) is 0 Å². The molecule has 5 nitrogen and oxygen atoms in total. The van der Waals surface area contributed by atoms with Crippen molar-refractivity contribution in [3.8, 4) is 0 Å². The van der Waals surface area contributed by atoms with Crippen molar-refractivity contribution in [2.45, 2.75) is 6.92 Å². The smallest absolute Gasteiger partial charge is 0.270 e. The predicted octanol–water partition coefficient (Wildman–Crippen LogP) is 2.10. The van der Waals surface area contributed by atoms with Gasteiger partial charge in [0.25, 0.3) is 5.91 Å². The van der Waals surface area contributed by atoms with E-state index in [0.29, 0.717) is 24.3 Å². The maximum Gasteiger partial charge on any atom is 0.270 e. The van der Waals surface area contributed by atoms with Crippen LogP contribution in [-0.4, -0.2) is 48.3 Å². The molecule has 5 heteroatoms. The van der Waals surface area contributed by atoms with Crippen LogP contribution in [0.4, 0.5) is 5.69 Å². The molecule has 1 saturated heterocycles.